The lowest BCUT2D eigenvalue weighted by Gasteiger charge is -2.04. The van der Waals surface area contributed by atoms with Gasteiger partial charge in [0.15, 0.2) is 11.1 Å². The van der Waals surface area contributed by atoms with Crippen LogP contribution in [0.15, 0.2) is 0 Å². The molecule has 3 nitrogen and oxygen atoms in total. The van der Waals surface area contributed by atoms with E-state index in [0.717, 1.165) is 0 Å². The van der Waals surface area contributed by atoms with E-state index < -0.39 is 29.8 Å². The summed E-state index contributed by atoms with van der Waals surface area (Å²) in [4.78, 5) is 0. The van der Waals surface area contributed by atoms with Gasteiger partial charge in [-0.15, -0.1) is 13.2 Å². The van der Waals surface area contributed by atoms with Crippen molar-refractivity contribution in [3.05, 3.63) is 0 Å². The third-order valence-electron chi connectivity index (χ3n) is 0.524. The molecular formula is C3H5F3O3S. The van der Waals surface area contributed by atoms with Crippen molar-refractivity contribution in [1.82, 2.24) is 0 Å². The van der Waals surface area contributed by atoms with Crippen molar-refractivity contribution in [3.8, 4) is 0 Å². The van der Waals surface area contributed by atoms with Crippen LogP contribution in [0, 0.1) is 0 Å². The second-order valence-electron chi connectivity index (χ2n) is 1.32. The predicted octanol–water partition coefficient (Wildman–Crippen LogP) is 0.744. The highest BCUT2D eigenvalue weighted by atomic mass is 32.2. The minimum atomic E-state index is -4.71. The molecule has 0 radical (unpaired) electrons. The van der Waals surface area contributed by atoms with Gasteiger partial charge in [0.05, 0.1) is 12.4 Å². The number of rotatable bonds is 3. The van der Waals surface area contributed by atoms with Gasteiger partial charge in [0, 0.05) is 0 Å². The number of halogens is 3. The molecule has 0 amide bonds. The molecular weight excluding hydrogens is 173 g/mol. The third kappa shape index (κ3) is 7.86. The first-order valence-corrected chi connectivity index (χ1v) is 3.47. The molecule has 0 fully saturated rings. The van der Waals surface area contributed by atoms with Crippen molar-refractivity contribution < 1.29 is 26.7 Å². The molecule has 0 aromatic carbocycles. The first kappa shape index (κ1) is 9.86. The highest BCUT2D eigenvalue weighted by Crippen LogP contribution is 2.15. The number of alkyl halides is 3. The average Bonchev–Trinajstić information content (AvgIpc) is 1.59. The zero-order valence-corrected chi connectivity index (χ0v) is 5.54. The van der Waals surface area contributed by atoms with Crippen molar-refractivity contribution in [1.29, 1.82) is 0 Å². The lowest BCUT2D eigenvalue weighted by molar-refractivity contribution is -0.322. The highest BCUT2D eigenvalue weighted by molar-refractivity contribution is 7.79. The Hall–Kier alpha value is -0.140. The van der Waals surface area contributed by atoms with E-state index in [4.69, 9.17) is 4.55 Å². The van der Waals surface area contributed by atoms with Gasteiger partial charge in [0.1, 0.15) is 0 Å². The zero-order valence-electron chi connectivity index (χ0n) is 4.72. The van der Waals surface area contributed by atoms with Gasteiger partial charge in [-0.3, -0.25) is 4.74 Å². The molecule has 0 rings (SSSR count). The highest BCUT2D eigenvalue weighted by Gasteiger charge is 2.28. The first-order valence-electron chi connectivity index (χ1n) is 2.20. The van der Waals surface area contributed by atoms with E-state index in [9.17, 15) is 17.4 Å². The molecule has 10 heavy (non-hydrogen) atoms. The SMILES string of the molecule is O=S(O)CCOC(F)(F)F. The van der Waals surface area contributed by atoms with E-state index in [-0.39, 0.29) is 0 Å². The summed E-state index contributed by atoms with van der Waals surface area (Å²) < 4.78 is 54.2. The van der Waals surface area contributed by atoms with Crippen molar-refractivity contribution in [3.63, 3.8) is 0 Å². The fourth-order valence-corrected chi connectivity index (χ4v) is 0.455. The van der Waals surface area contributed by atoms with Gasteiger partial charge in [-0.25, -0.2) is 4.21 Å². The van der Waals surface area contributed by atoms with Crippen molar-refractivity contribution in [2.75, 3.05) is 12.4 Å². The predicted molar refractivity (Wildman–Crippen MR) is 27.6 cm³/mol. The molecule has 0 aliphatic heterocycles. The van der Waals surface area contributed by atoms with Crippen LogP contribution in [-0.4, -0.2) is 27.5 Å². The van der Waals surface area contributed by atoms with Crippen molar-refractivity contribution in [2.45, 2.75) is 6.36 Å². The van der Waals surface area contributed by atoms with Crippen LogP contribution in [0.25, 0.3) is 0 Å². The van der Waals surface area contributed by atoms with Gasteiger partial charge in [-0.1, -0.05) is 0 Å². The molecule has 0 aromatic heterocycles. The molecule has 1 atom stereocenters. The first-order chi connectivity index (χ1) is 4.42. The summed E-state index contributed by atoms with van der Waals surface area (Å²) in [5, 5.41) is 0. The van der Waals surface area contributed by atoms with E-state index in [1.165, 1.54) is 0 Å². The zero-order chi connectivity index (χ0) is 8.20. The number of hydrogen-bond acceptors (Lipinski definition) is 2. The van der Waals surface area contributed by atoms with Crippen LogP contribution >= 0.6 is 0 Å². The summed E-state index contributed by atoms with van der Waals surface area (Å²) in [7, 11) is 0. The van der Waals surface area contributed by atoms with Crippen molar-refractivity contribution >= 4 is 11.1 Å². The Labute approximate surface area is 57.5 Å². The Morgan fingerprint density at radius 1 is 1.50 bits per heavy atom. The summed E-state index contributed by atoms with van der Waals surface area (Å²) in [5.41, 5.74) is 0. The molecule has 0 saturated carbocycles. The smallest absolute Gasteiger partial charge is 0.306 e. The van der Waals surface area contributed by atoms with E-state index in [1.807, 2.05) is 0 Å². The van der Waals surface area contributed by atoms with Gasteiger partial charge in [0.25, 0.3) is 0 Å². The molecule has 0 saturated heterocycles. The molecule has 0 aromatic rings. The molecule has 0 aliphatic carbocycles. The van der Waals surface area contributed by atoms with Crippen LogP contribution in [0.2, 0.25) is 0 Å². The van der Waals surface area contributed by atoms with Gasteiger partial charge < -0.3 is 4.55 Å². The second kappa shape index (κ2) is 3.89. The quantitative estimate of drug-likeness (QED) is 0.648. The normalized spacial score (nSPS) is 15.2. The van der Waals surface area contributed by atoms with Crippen LogP contribution in [-0.2, 0) is 15.8 Å². The van der Waals surface area contributed by atoms with E-state index in [1.54, 1.807) is 0 Å². The van der Waals surface area contributed by atoms with Crippen LogP contribution < -0.4 is 0 Å². The number of hydrogen-bond donors (Lipinski definition) is 1. The Balaban J connectivity index is 3.29. The lowest BCUT2D eigenvalue weighted by atomic mass is 10.9. The topological polar surface area (TPSA) is 46.5 Å². The molecule has 0 aliphatic rings. The van der Waals surface area contributed by atoms with E-state index in [2.05, 4.69) is 4.74 Å². The maximum absolute atomic E-state index is 11.1. The molecule has 0 spiro atoms. The second-order valence-corrected chi connectivity index (χ2v) is 2.37. The summed E-state index contributed by atoms with van der Waals surface area (Å²) in [6.07, 6.45) is -4.71. The third-order valence-corrected chi connectivity index (χ3v) is 1.04. The van der Waals surface area contributed by atoms with Gasteiger partial charge in [-0.05, 0) is 0 Å². The maximum Gasteiger partial charge on any atom is 0.522 e. The molecule has 62 valence electrons. The van der Waals surface area contributed by atoms with Crippen LogP contribution in [0.3, 0.4) is 0 Å². The molecule has 0 heterocycles. The largest absolute Gasteiger partial charge is 0.522 e. The summed E-state index contributed by atoms with van der Waals surface area (Å²) in [6, 6.07) is 0. The number of ether oxygens (including phenoxy) is 1. The Kier molecular flexibility index (Phi) is 3.84. The lowest BCUT2D eigenvalue weighted by Crippen LogP contribution is -2.17. The molecule has 1 N–H and O–H groups in total. The maximum atomic E-state index is 11.1. The summed E-state index contributed by atoms with van der Waals surface area (Å²) >= 11 is -2.23. The molecule has 1 unspecified atom stereocenters. The standard InChI is InChI=1S/C3H5F3O3S/c4-3(5,6)9-1-2-10(7)8/h1-2H2,(H,7,8). The van der Waals surface area contributed by atoms with Gasteiger partial charge in [-0.2, -0.15) is 0 Å². The van der Waals surface area contributed by atoms with Gasteiger partial charge in [0.2, 0.25) is 0 Å². The summed E-state index contributed by atoms with van der Waals surface area (Å²) in [5.74, 6) is -0.528. The van der Waals surface area contributed by atoms with Gasteiger partial charge >= 0.3 is 6.36 Å². The fraction of sp³-hybridized carbons (Fsp3) is 1.00. The van der Waals surface area contributed by atoms with Crippen LogP contribution in [0.1, 0.15) is 0 Å². The fourth-order valence-electron chi connectivity index (χ4n) is 0.229. The average molecular weight is 178 g/mol. The van der Waals surface area contributed by atoms with Crippen LogP contribution in [0.5, 0.6) is 0 Å². The van der Waals surface area contributed by atoms with Crippen LogP contribution in [0.4, 0.5) is 13.2 Å². The Bertz CT molecular complexity index is 123. The summed E-state index contributed by atoms with van der Waals surface area (Å²) in [6.45, 7) is -0.785. The Morgan fingerprint density at radius 2 is 2.00 bits per heavy atom. The Morgan fingerprint density at radius 3 is 2.30 bits per heavy atom. The molecule has 7 heteroatoms. The van der Waals surface area contributed by atoms with Crippen molar-refractivity contribution in [2.24, 2.45) is 0 Å². The minimum Gasteiger partial charge on any atom is -0.306 e. The molecule has 0 bridgehead atoms. The van der Waals surface area contributed by atoms with E-state index in [0.29, 0.717) is 0 Å². The monoisotopic (exact) mass is 178 g/mol. The minimum absolute atomic E-state index is 0.528. The van der Waals surface area contributed by atoms with E-state index >= 15 is 0 Å².